The SMILES string of the molecule is CCC.CCC1C=C(C(F)(F)F)c2cc(Cl)c(OCCCOc3ccc(O[C@](C)(CC)C(=O)O)cc3)cc2O1. The Labute approximate surface area is 232 Å². The number of hydrogen-bond acceptors (Lipinski definition) is 5. The maximum atomic E-state index is 13.5. The summed E-state index contributed by atoms with van der Waals surface area (Å²) in [5, 5.41) is 9.37. The molecule has 0 aliphatic carbocycles. The molecule has 0 fully saturated rings. The van der Waals surface area contributed by atoms with E-state index in [2.05, 4.69) is 13.8 Å². The molecule has 1 N–H and O–H groups in total. The molecule has 2 atom stereocenters. The number of benzene rings is 2. The Morgan fingerprint density at radius 2 is 1.62 bits per heavy atom. The molecule has 3 rings (SSSR count). The van der Waals surface area contributed by atoms with E-state index in [1.54, 1.807) is 38.1 Å². The van der Waals surface area contributed by atoms with Crippen molar-refractivity contribution in [3.8, 4) is 23.0 Å². The second-order valence-corrected chi connectivity index (χ2v) is 9.55. The van der Waals surface area contributed by atoms with Crippen LogP contribution in [0.1, 0.15) is 65.9 Å². The van der Waals surface area contributed by atoms with Gasteiger partial charge in [0.2, 0.25) is 5.60 Å². The first-order valence-electron chi connectivity index (χ1n) is 13.0. The molecule has 1 aliphatic rings. The Morgan fingerprint density at radius 3 is 2.15 bits per heavy atom. The first-order chi connectivity index (χ1) is 18.4. The Morgan fingerprint density at radius 1 is 1.03 bits per heavy atom. The first-order valence-corrected chi connectivity index (χ1v) is 13.3. The Balaban J connectivity index is 0.00000170. The van der Waals surface area contributed by atoms with Gasteiger partial charge in [-0.1, -0.05) is 45.7 Å². The quantitative estimate of drug-likeness (QED) is 0.273. The van der Waals surface area contributed by atoms with Crippen molar-refractivity contribution in [1.29, 1.82) is 0 Å². The van der Waals surface area contributed by atoms with Crippen LogP contribution in [0.25, 0.3) is 5.57 Å². The smallest absolute Gasteiger partial charge is 0.416 e. The summed E-state index contributed by atoms with van der Waals surface area (Å²) in [6, 6.07) is 9.19. The lowest BCUT2D eigenvalue weighted by molar-refractivity contribution is -0.154. The van der Waals surface area contributed by atoms with E-state index in [1.807, 2.05) is 0 Å². The Bertz CT molecular complexity index is 1120. The number of hydrogen-bond donors (Lipinski definition) is 1. The summed E-state index contributed by atoms with van der Waals surface area (Å²) in [5.41, 5.74) is -2.19. The molecule has 0 saturated carbocycles. The van der Waals surface area contributed by atoms with Gasteiger partial charge in [-0.05, 0) is 56.2 Å². The van der Waals surface area contributed by atoms with Crippen LogP contribution in [0.5, 0.6) is 23.0 Å². The number of rotatable bonds is 11. The van der Waals surface area contributed by atoms with E-state index in [0.717, 1.165) is 6.08 Å². The van der Waals surface area contributed by atoms with Crippen molar-refractivity contribution in [1.82, 2.24) is 0 Å². The zero-order valence-corrected chi connectivity index (χ0v) is 23.6. The van der Waals surface area contributed by atoms with Crippen molar-refractivity contribution in [3.05, 3.63) is 53.1 Å². The lowest BCUT2D eigenvalue weighted by atomic mass is 9.98. The largest absolute Gasteiger partial charge is 0.493 e. The Hall–Kier alpha value is -3.07. The normalized spacial score (nSPS) is 15.9. The highest BCUT2D eigenvalue weighted by molar-refractivity contribution is 6.32. The molecule has 6 nitrogen and oxygen atoms in total. The molecule has 1 unspecified atom stereocenters. The minimum Gasteiger partial charge on any atom is -0.493 e. The number of ether oxygens (including phenoxy) is 4. The minimum atomic E-state index is -4.52. The van der Waals surface area contributed by atoms with Gasteiger partial charge in [-0.15, -0.1) is 0 Å². The fourth-order valence-corrected chi connectivity index (χ4v) is 3.65. The predicted molar refractivity (Wildman–Crippen MR) is 145 cm³/mol. The van der Waals surface area contributed by atoms with E-state index >= 15 is 0 Å². The van der Waals surface area contributed by atoms with Crippen molar-refractivity contribution in [2.75, 3.05) is 13.2 Å². The molecule has 0 spiro atoms. The second-order valence-electron chi connectivity index (χ2n) is 9.14. The van der Waals surface area contributed by atoms with Crippen molar-refractivity contribution in [3.63, 3.8) is 0 Å². The van der Waals surface area contributed by atoms with Crippen LogP contribution in [0.4, 0.5) is 13.2 Å². The third-order valence-electron chi connectivity index (χ3n) is 5.77. The van der Waals surface area contributed by atoms with Gasteiger partial charge in [-0.3, -0.25) is 0 Å². The Kier molecular flexibility index (Phi) is 11.8. The van der Waals surface area contributed by atoms with Crippen LogP contribution in [0.2, 0.25) is 5.02 Å². The van der Waals surface area contributed by atoms with Crippen LogP contribution in [-0.2, 0) is 4.79 Å². The monoisotopic (exact) mass is 572 g/mol. The van der Waals surface area contributed by atoms with Gasteiger partial charge in [0, 0.05) is 18.1 Å². The van der Waals surface area contributed by atoms with Crippen LogP contribution in [0, 0.1) is 0 Å². The van der Waals surface area contributed by atoms with Crippen LogP contribution < -0.4 is 18.9 Å². The summed E-state index contributed by atoms with van der Waals surface area (Å²) in [6.07, 6.45) is -1.71. The highest BCUT2D eigenvalue weighted by Crippen LogP contribution is 2.45. The highest BCUT2D eigenvalue weighted by atomic mass is 35.5. The topological polar surface area (TPSA) is 74.2 Å². The van der Waals surface area contributed by atoms with E-state index in [9.17, 15) is 23.1 Å². The minimum absolute atomic E-state index is 0.0550. The number of fused-ring (bicyclic) bond motifs is 1. The van der Waals surface area contributed by atoms with Gasteiger partial charge in [0.1, 0.15) is 29.1 Å². The highest BCUT2D eigenvalue weighted by Gasteiger charge is 2.39. The number of allylic oxidation sites excluding steroid dienone is 1. The molecule has 1 heterocycles. The molecule has 0 radical (unpaired) electrons. The van der Waals surface area contributed by atoms with E-state index in [4.69, 9.17) is 30.5 Å². The number of carboxylic acid groups (broad SMARTS) is 1. The van der Waals surface area contributed by atoms with Crippen molar-refractivity contribution in [2.45, 2.75) is 78.2 Å². The summed E-state index contributed by atoms with van der Waals surface area (Å²) in [5.74, 6) is 0.242. The molecular formula is C29H36ClF3O6. The zero-order valence-electron chi connectivity index (χ0n) is 22.9. The zero-order chi connectivity index (χ0) is 29.2. The number of carbonyl (C=O) groups is 1. The van der Waals surface area contributed by atoms with E-state index in [1.165, 1.54) is 25.5 Å². The number of aliphatic carboxylic acids is 1. The van der Waals surface area contributed by atoms with Gasteiger partial charge < -0.3 is 24.1 Å². The molecule has 39 heavy (non-hydrogen) atoms. The molecule has 0 bridgehead atoms. The lowest BCUT2D eigenvalue weighted by Gasteiger charge is -2.27. The van der Waals surface area contributed by atoms with Crippen molar-refractivity contribution in [2.24, 2.45) is 0 Å². The molecule has 2 aromatic carbocycles. The predicted octanol–water partition coefficient (Wildman–Crippen LogP) is 8.35. The second kappa shape index (κ2) is 14.4. The maximum Gasteiger partial charge on any atom is 0.416 e. The molecule has 10 heteroatoms. The molecular weight excluding hydrogens is 537 g/mol. The molecule has 0 amide bonds. The molecule has 1 aliphatic heterocycles. The molecule has 0 aromatic heterocycles. The van der Waals surface area contributed by atoms with E-state index in [-0.39, 0.29) is 28.7 Å². The van der Waals surface area contributed by atoms with E-state index < -0.39 is 29.4 Å². The van der Waals surface area contributed by atoms with Gasteiger partial charge in [0.15, 0.2) is 0 Å². The fraction of sp³-hybridized carbons (Fsp3) is 0.483. The number of carboxylic acids is 1. The summed E-state index contributed by atoms with van der Waals surface area (Å²) < 4.78 is 63.1. The van der Waals surface area contributed by atoms with Gasteiger partial charge in [-0.25, -0.2) is 4.79 Å². The summed E-state index contributed by atoms with van der Waals surface area (Å²) in [4.78, 5) is 11.4. The summed E-state index contributed by atoms with van der Waals surface area (Å²) in [6.45, 7) is 9.75. The third-order valence-corrected chi connectivity index (χ3v) is 6.07. The number of alkyl halides is 3. The summed E-state index contributed by atoms with van der Waals surface area (Å²) in [7, 11) is 0. The van der Waals surface area contributed by atoms with Gasteiger partial charge >= 0.3 is 12.1 Å². The van der Waals surface area contributed by atoms with Gasteiger partial charge in [0.05, 0.1) is 23.8 Å². The lowest BCUT2D eigenvalue weighted by Crippen LogP contribution is -2.40. The maximum absolute atomic E-state index is 13.5. The summed E-state index contributed by atoms with van der Waals surface area (Å²) >= 11 is 6.19. The van der Waals surface area contributed by atoms with Gasteiger partial charge in [0.25, 0.3) is 0 Å². The van der Waals surface area contributed by atoms with E-state index in [0.29, 0.717) is 37.4 Å². The molecule has 0 saturated heterocycles. The number of halogens is 4. The molecule has 216 valence electrons. The third kappa shape index (κ3) is 8.98. The van der Waals surface area contributed by atoms with Crippen LogP contribution in [-0.4, -0.2) is 42.2 Å². The van der Waals surface area contributed by atoms with Crippen molar-refractivity contribution < 1.29 is 42.0 Å². The average molecular weight is 573 g/mol. The van der Waals surface area contributed by atoms with Crippen LogP contribution >= 0.6 is 11.6 Å². The van der Waals surface area contributed by atoms with Crippen LogP contribution in [0.15, 0.2) is 42.5 Å². The first kappa shape index (κ1) is 32.1. The van der Waals surface area contributed by atoms with Crippen LogP contribution in [0.3, 0.4) is 0 Å². The van der Waals surface area contributed by atoms with Crippen molar-refractivity contribution >= 4 is 23.1 Å². The fourth-order valence-electron chi connectivity index (χ4n) is 3.44. The average Bonchev–Trinajstić information content (AvgIpc) is 2.88. The van der Waals surface area contributed by atoms with Gasteiger partial charge in [-0.2, -0.15) is 13.2 Å². The molecule has 2 aromatic rings. The standard InChI is InChI=1S/C26H28ClF3O6.C3H8/c1-4-16-13-20(26(28,29)30)19-14-21(27)23(15-22(19)35-16)34-12-6-11-33-17-7-9-18(10-8-17)36-25(3,5-2)24(31)32;1-3-2/h7-10,13-16H,4-6,11-12H2,1-3H3,(H,31,32);3H2,1-2H3/t16?,25-;/m1./s1.